The summed E-state index contributed by atoms with van der Waals surface area (Å²) in [4.78, 5) is 21.4. The first kappa shape index (κ1) is 19.3. The highest BCUT2D eigenvalue weighted by Gasteiger charge is 2.11. The summed E-state index contributed by atoms with van der Waals surface area (Å²) in [7, 11) is 0. The summed E-state index contributed by atoms with van der Waals surface area (Å²) in [6, 6.07) is 17.4. The lowest BCUT2D eigenvalue weighted by molar-refractivity contribution is 0.0977. The molecule has 2 aromatic carbocycles. The second-order valence-corrected chi connectivity index (χ2v) is 6.72. The number of carbonyl (C=O) groups is 1. The van der Waals surface area contributed by atoms with Crippen molar-refractivity contribution in [3.63, 3.8) is 0 Å². The Balaban J connectivity index is 1.83. The molecule has 0 atom stereocenters. The number of carbonyl (C=O) groups excluding carboxylic acids is 1. The van der Waals surface area contributed by atoms with E-state index in [1.165, 1.54) is 0 Å². The van der Waals surface area contributed by atoms with Crippen molar-refractivity contribution in [2.24, 2.45) is 4.99 Å². The third-order valence-corrected chi connectivity index (χ3v) is 4.54. The van der Waals surface area contributed by atoms with Gasteiger partial charge in [-0.2, -0.15) is 0 Å². The Kier molecular flexibility index (Phi) is 6.17. The molecule has 1 heterocycles. The van der Waals surface area contributed by atoms with Gasteiger partial charge in [0.15, 0.2) is 0 Å². The maximum atomic E-state index is 12.8. The third-order valence-electron chi connectivity index (χ3n) is 4.54. The summed E-state index contributed by atoms with van der Waals surface area (Å²) in [6.45, 7) is 6.44. The van der Waals surface area contributed by atoms with Gasteiger partial charge in [-0.05, 0) is 67.3 Å². The molecule has 142 valence electrons. The number of hydrogen-bond acceptors (Lipinski definition) is 3. The molecule has 0 aliphatic carbocycles. The molecular formula is C23H24N4O. The fourth-order valence-electron chi connectivity index (χ4n) is 2.68. The van der Waals surface area contributed by atoms with Crippen LogP contribution in [0.2, 0.25) is 0 Å². The molecule has 0 radical (unpaired) electrons. The number of aliphatic imine (C=N–C) groups is 1. The molecule has 3 aromatic rings. The molecule has 0 aliphatic heterocycles. The second kappa shape index (κ2) is 8.95. The van der Waals surface area contributed by atoms with Crippen molar-refractivity contribution >= 4 is 17.6 Å². The lowest BCUT2D eigenvalue weighted by atomic mass is 10.1. The topological polar surface area (TPSA) is 66.4 Å². The molecule has 5 nitrogen and oxygen atoms in total. The van der Waals surface area contributed by atoms with Crippen LogP contribution in [0, 0.1) is 20.8 Å². The maximum Gasteiger partial charge on any atom is 0.257 e. The van der Waals surface area contributed by atoms with Crippen LogP contribution in [0.3, 0.4) is 0 Å². The molecule has 0 fully saturated rings. The number of benzene rings is 2. The van der Waals surface area contributed by atoms with Crippen LogP contribution in [0.25, 0.3) is 0 Å². The van der Waals surface area contributed by atoms with Gasteiger partial charge in [0.1, 0.15) is 0 Å². The van der Waals surface area contributed by atoms with E-state index in [9.17, 15) is 4.79 Å². The molecular weight excluding hydrogens is 348 g/mol. The first-order chi connectivity index (χ1) is 13.5. The molecule has 3 rings (SSSR count). The van der Waals surface area contributed by atoms with Gasteiger partial charge in [-0.3, -0.25) is 15.1 Å². The van der Waals surface area contributed by atoms with E-state index in [-0.39, 0.29) is 5.91 Å². The van der Waals surface area contributed by atoms with Crippen LogP contribution in [0.15, 0.2) is 72.0 Å². The van der Waals surface area contributed by atoms with Gasteiger partial charge in [0.05, 0.1) is 6.54 Å². The summed E-state index contributed by atoms with van der Waals surface area (Å²) < 4.78 is 0. The molecule has 2 N–H and O–H groups in total. The van der Waals surface area contributed by atoms with E-state index < -0.39 is 0 Å². The number of nitrogens with one attached hydrogen (secondary N) is 2. The number of aromatic nitrogens is 1. The average Bonchev–Trinajstić information content (AvgIpc) is 2.70. The number of pyridine rings is 1. The summed E-state index contributed by atoms with van der Waals surface area (Å²) in [6.07, 6.45) is 3.49. The van der Waals surface area contributed by atoms with Crippen LogP contribution in [0.1, 0.15) is 32.6 Å². The Morgan fingerprint density at radius 3 is 2.50 bits per heavy atom. The zero-order valence-electron chi connectivity index (χ0n) is 16.4. The Bertz CT molecular complexity index is 996. The van der Waals surface area contributed by atoms with Crippen LogP contribution >= 0.6 is 0 Å². The van der Waals surface area contributed by atoms with Gasteiger partial charge in [-0.1, -0.05) is 30.3 Å². The number of rotatable bonds is 4. The van der Waals surface area contributed by atoms with Gasteiger partial charge < -0.3 is 5.32 Å². The summed E-state index contributed by atoms with van der Waals surface area (Å²) in [5.74, 6) is 0.204. The van der Waals surface area contributed by atoms with Crippen LogP contribution in [-0.4, -0.2) is 16.9 Å². The smallest absolute Gasteiger partial charge is 0.257 e. The van der Waals surface area contributed by atoms with Crippen LogP contribution in [0.4, 0.5) is 5.69 Å². The third kappa shape index (κ3) is 5.04. The quantitative estimate of drug-likeness (QED) is 0.527. The number of guanidine groups is 1. The molecule has 5 heteroatoms. The Morgan fingerprint density at radius 1 is 0.964 bits per heavy atom. The lowest BCUT2D eigenvalue weighted by Crippen LogP contribution is -2.36. The predicted octanol–water partition coefficient (Wildman–Crippen LogP) is 4.40. The molecule has 0 spiro atoms. The number of para-hydroxylation sites is 1. The van der Waals surface area contributed by atoms with Gasteiger partial charge in [0.25, 0.3) is 5.91 Å². The van der Waals surface area contributed by atoms with Crippen molar-refractivity contribution in [2.75, 3.05) is 5.32 Å². The summed E-state index contributed by atoms with van der Waals surface area (Å²) >= 11 is 0. The summed E-state index contributed by atoms with van der Waals surface area (Å²) in [5, 5.41) is 6.15. The first-order valence-electron chi connectivity index (χ1n) is 9.17. The van der Waals surface area contributed by atoms with Crippen LogP contribution in [0.5, 0.6) is 0 Å². The molecule has 0 saturated heterocycles. The van der Waals surface area contributed by atoms with Gasteiger partial charge in [-0.25, -0.2) is 4.99 Å². The fraction of sp³-hybridized carbons (Fsp3) is 0.174. The standard InChI is InChI=1S/C23H24N4O/c1-16-10-11-20(13-18(16)3)22(28)27-23(25-15-19-8-6-12-24-14-19)26-21-9-5-4-7-17(21)2/h4-14H,15H2,1-3H3,(H2,25,26,27,28). The van der Waals surface area contributed by atoms with E-state index in [0.29, 0.717) is 18.1 Å². The molecule has 1 aromatic heterocycles. The lowest BCUT2D eigenvalue weighted by Gasteiger charge is -2.14. The Morgan fingerprint density at radius 2 is 1.79 bits per heavy atom. The first-order valence-corrected chi connectivity index (χ1v) is 9.17. The number of aryl methyl sites for hydroxylation is 3. The monoisotopic (exact) mass is 372 g/mol. The molecule has 0 aliphatic rings. The van der Waals surface area contributed by atoms with Crippen molar-refractivity contribution in [3.05, 3.63) is 94.8 Å². The SMILES string of the molecule is Cc1ccc(C(=O)NC(=NCc2cccnc2)Nc2ccccc2C)cc1C. The normalized spacial score (nSPS) is 11.2. The minimum Gasteiger partial charge on any atom is -0.326 e. The van der Waals surface area contributed by atoms with Crippen LogP contribution < -0.4 is 10.6 Å². The zero-order valence-corrected chi connectivity index (χ0v) is 16.4. The van der Waals surface area contributed by atoms with E-state index in [1.54, 1.807) is 12.4 Å². The summed E-state index contributed by atoms with van der Waals surface area (Å²) in [5.41, 5.74) is 5.76. The van der Waals surface area contributed by atoms with E-state index in [4.69, 9.17) is 0 Å². The van der Waals surface area contributed by atoms with Gasteiger partial charge in [0.2, 0.25) is 5.96 Å². The van der Waals surface area contributed by atoms with Crippen molar-refractivity contribution in [1.82, 2.24) is 10.3 Å². The number of amides is 1. The minimum absolute atomic E-state index is 0.200. The second-order valence-electron chi connectivity index (χ2n) is 6.72. The molecule has 0 saturated carbocycles. The Labute approximate surface area is 165 Å². The Hall–Kier alpha value is -3.47. The fourth-order valence-corrected chi connectivity index (χ4v) is 2.68. The highest BCUT2D eigenvalue weighted by molar-refractivity contribution is 6.10. The van der Waals surface area contributed by atoms with E-state index in [2.05, 4.69) is 20.6 Å². The van der Waals surface area contributed by atoms with Gasteiger partial charge >= 0.3 is 0 Å². The molecule has 1 amide bonds. The van der Waals surface area contributed by atoms with Crippen molar-refractivity contribution in [3.8, 4) is 0 Å². The van der Waals surface area contributed by atoms with Crippen molar-refractivity contribution < 1.29 is 4.79 Å². The largest absolute Gasteiger partial charge is 0.326 e. The van der Waals surface area contributed by atoms with Gasteiger partial charge in [-0.15, -0.1) is 0 Å². The molecule has 0 bridgehead atoms. The van der Waals surface area contributed by atoms with E-state index >= 15 is 0 Å². The number of hydrogen-bond donors (Lipinski definition) is 2. The van der Waals surface area contributed by atoms with Crippen LogP contribution in [-0.2, 0) is 6.54 Å². The number of anilines is 1. The molecule has 0 unspecified atom stereocenters. The minimum atomic E-state index is -0.200. The van der Waals surface area contributed by atoms with E-state index in [1.807, 2.05) is 75.4 Å². The van der Waals surface area contributed by atoms with Gasteiger partial charge in [0, 0.05) is 23.6 Å². The highest BCUT2D eigenvalue weighted by atomic mass is 16.1. The predicted molar refractivity (Wildman–Crippen MR) is 114 cm³/mol. The average molecular weight is 372 g/mol. The number of nitrogens with zero attached hydrogens (tertiary/aromatic N) is 2. The van der Waals surface area contributed by atoms with Crippen molar-refractivity contribution in [2.45, 2.75) is 27.3 Å². The van der Waals surface area contributed by atoms with E-state index in [0.717, 1.165) is 27.9 Å². The molecule has 28 heavy (non-hydrogen) atoms. The maximum absolute atomic E-state index is 12.8. The highest BCUT2D eigenvalue weighted by Crippen LogP contribution is 2.14. The zero-order chi connectivity index (χ0) is 19.9. The van der Waals surface area contributed by atoms with Crippen molar-refractivity contribution in [1.29, 1.82) is 0 Å².